The Labute approximate surface area is 197 Å². The lowest BCUT2D eigenvalue weighted by molar-refractivity contribution is 0.0872. The lowest BCUT2D eigenvalue weighted by Crippen LogP contribution is -2.31. The van der Waals surface area contributed by atoms with Gasteiger partial charge in [0.05, 0.1) is 11.1 Å². The highest BCUT2D eigenvalue weighted by molar-refractivity contribution is 6.15. The molecule has 3 aromatic carbocycles. The number of ether oxygens (including phenoxy) is 2. The first-order valence-electron chi connectivity index (χ1n) is 11.2. The number of carbonyl (C=O) groups is 1. The van der Waals surface area contributed by atoms with Gasteiger partial charge in [0.1, 0.15) is 18.2 Å². The molecule has 0 radical (unpaired) electrons. The number of carbonyl (C=O) groups excluding carboxylic acids is 1. The molecule has 2 aliphatic rings. The number of hydrogen-bond acceptors (Lipinski definition) is 5. The molecule has 4 aromatic rings. The van der Waals surface area contributed by atoms with E-state index in [0.29, 0.717) is 36.9 Å². The molecule has 0 bridgehead atoms. The molecule has 0 saturated heterocycles. The number of pyridine rings is 1. The van der Waals surface area contributed by atoms with Gasteiger partial charge in [-0.15, -0.1) is 0 Å². The van der Waals surface area contributed by atoms with Gasteiger partial charge in [0, 0.05) is 25.5 Å². The molecule has 3 heterocycles. The standard InChI is InChI=1S/C29H22N2O3/c32-28-24-12-13-26-25(18-31(19-33-26)17-21-5-4-14-30-16-21)29(24)34-27(28)15-20-8-10-23(11-9-20)22-6-2-1-3-7-22/h1-16H,17-19H2/b27-15-. The molecule has 0 aliphatic carbocycles. The summed E-state index contributed by atoms with van der Waals surface area (Å²) in [5.41, 5.74) is 5.80. The number of ketones is 1. The molecule has 1 aromatic heterocycles. The normalized spacial score (nSPS) is 16.0. The second kappa shape index (κ2) is 8.61. The fourth-order valence-electron chi connectivity index (χ4n) is 4.41. The maximum atomic E-state index is 13.1. The first kappa shape index (κ1) is 20.4. The number of benzene rings is 3. The van der Waals surface area contributed by atoms with E-state index in [1.54, 1.807) is 18.3 Å². The third-order valence-electron chi connectivity index (χ3n) is 6.13. The molecule has 5 nitrogen and oxygen atoms in total. The predicted molar refractivity (Wildman–Crippen MR) is 130 cm³/mol. The molecule has 0 atom stereocenters. The van der Waals surface area contributed by atoms with Crippen molar-refractivity contribution < 1.29 is 14.3 Å². The molecular weight excluding hydrogens is 424 g/mol. The molecular formula is C29H22N2O3. The van der Waals surface area contributed by atoms with Crippen LogP contribution >= 0.6 is 0 Å². The second-order valence-corrected chi connectivity index (χ2v) is 8.47. The molecule has 34 heavy (non-hydrogen) atoms. The smallest absolute Gasteiger partial charge is 0.231 e. The van der Waals surface area contributed by atoms with E-state index >= 15 is 0 Å². The number of rotatable bonds is 4. The van der Waals surface area contributed by atoms with Crippen molar-refractivity contribution in [3.05, 3.63) is 119 Å². The van der Waals surface area contributed by atoms with Gasteiger partial charge < -0.3 is 9.47 Å². The zero-order valence-electron chi connectivity index (χ0n) is 18.5. The van der Waals surface area contributed by atoms with Crippen LogP contribution in [0.2, 0.25) is 0 Å². The van der Waals surface area contributed by atoms with Gasteiger partial charge in [-0.2, -0.15) is 0 Å². The van der Waals surface area contributed by atoms with Crippen molar-refractivity contribution in [1.29, 1.82) is 0 Å². The van der Waals surface area contributed by atoms with Gasteiger partial charge in [0.15, 0.2) is 5.76 Å². The molecule has 0 unspecified atom stereocenters. The first-order chi connectivity index (χ1) is 16.7. The summed E-state index contributed by atoms with van der Waals surface area (Å²) in [7, 11) is 0. The zero-order valence-corrected chi connectivity index (χ0v) is 18.5. The van der Waals surface area contributed by atoms with Crippen LogP contribution in [0.4, 0.5) is 0 Å². The van der Waals surface area contributed by atoms with Crippen LogP contribution in [0.15, 0.2) is 97.0 Å². The fourth-order valence-corrected chi connectivity index (χ4v) is 4.41. The zero-order chi connectivity index (χ0) is 22.9. The highest BCUT2D eigenvalue weighted by atomic mass is 16.5. The Balaban J connectivity index is 1.24. The minimum atomic E-state index is -0.102. The largest absolute Gasteiger partial charge is 0.478 e. The summed E-state index contributed by atoms with van der Waals surface area (Å²) in [6.07, 6.45) is 5.43. The van der Waals surface area contributed by atoms with Crippen molar-refractivity contribution in [3.63, 3.8) is 0 Å². The van der Waals surface area contributed by atoms with Gasteiger partial charge in [-0.3, -0.25) is 14.7 Å². The van der Waals surface area contributed by atoms with E-state index in [2.05, 4.69) is 34.1 Å². The fraction of sp³-hybridized carbons (Fsp3) is 0.103. The minimum Gasteiger partial charge on any atom is -0.478 e. The van der Waals surface area contributed by atoms with E-state index < -0.39 is 0 Å². The molecule has 0 saturated carbocycles. The van der Waals surface area contributed by atoms with Crippen molar-refractivity contribution in [1.82, 2.24) is 9.88 Å². The van der Waals surface area contributed by atoms with Gasteiger partial charge in [-0.05, 0) is 46.5 Å². The molecule has 0 amide bonds. The number of allylic oxidation sites excluding steroid dienone is 1. The minimum absolute atomic E-state index is 0.102. The molecule has 0 N–H and O–H groups in total. The Kier molecular flexibility index (Phi) is 5.17. The Bertz CT molecular complexity index is 1380. The topological polar surface area (TPSA) is 51.7 Å². The van der Waals surface area contributed by atoms with E-state index in [1.165, 1.54) is 0 Å². The van der Waals surface area contributed by atoms with Gasteiger partial charge in [0.25, 0.3) is 0 Å². The maximum Gasteiger partial charge on any atom is 0.231 e. The van der Waals surface area contributed by atoms with Crippen LogP contribution in [0.5, 0.6) is 11.5 Å². The van der Waals surface area contributed by atoms with Crippen LogP contribution in [-0.2, 0) is 13.1 Å². The van der Waals surface area contributed by atoms with Crippen molar-refractivity contribution >= 4 is 11.9 Å². The monoisotopic (exact) mass is 446 g/mol. The predicted octanol–water partition coefficient (Wildman–Crippen LogP) is 5.72. The van der Waals surface area contributed by atoms with Crippen LogP contribution < -0.4 is 9.47 Å². The number of fused-ring (bicyclic) bond motifs is 3. The average molecular weight is 447 g/mol. The summed E-state index contributed by atoms with van der Waals surface area (Å²) >= 11 is 0. The van der Waals surface area contributed by atoms with E-state index in [1.807, 2.05) is 54.7 Å². The van der Waals surface area contributed by atoms with Crippen molar-refractivity contribution in [2.24, 2.45) is 0 Å². The summed E-state index contributed by atoms with van der Waals surface area (Å²) in [5, 5.41) is 0. The average Bonchev–Trinajstić information content (AvgIpc) is 3.21. The summed E-state index contributed by atoms with van der Waals surface area (Å²) in [5.74, 6) is 1.60. The van der Waals surface area contributed by atoms with Crippen molar-refractivity contribution in [3.8, 4) is 22.6 Å². The highest BCUT2D eigenvalue weighted by Crippen LogP contribution is 2.42. The molecule has 2 aliphatic heterocycles. The SMILES string of the molecule is O=C1/C(=C/c2ccc(-c3ccccc3)cc2)Oc2c1ccc1c2CN(Cc2cccnc2)CO1. The quantitative estimate of drug-likeness (QED) is 0.376. The van der Waals surface area contributed by atoms with Crippen molar-refractivity contribution in [2.45, 2.75) is 13.1 Å². The maximum absolute atomic E-state index is 13.1. The summed E-state index contributed by atoms with van der Waals surface area (Å²) in [6, 6.07) is 26.0. The Morgan fingerprint density at radius 3 is 2.53 bits per heavy atom. The lowest BCUT2D eigenvalue weighted by atomic mass is 10.0. The van der Waals surface area contributed by atoms with Crippen molar-refractivity contribution in [2.75, 3.05) is 6.73 Å². The first-order valence-corrected chi connectivity index (χ1v) is 11.2. The lowest BCUT2D eigenvalue weighted by Gasteiger charge is -2.29. The molecule has 0 fully saturated rings. The third kappa shape index (κ3) is 3.87. The number of Topliss-reactive ketones (excluding diaryl/α,β-unsaturated/α-hetero) is 1. The number of aromatic nitrogens is 1. The number of nitrogens with zero attached hydrogens (tertiary/aromatic N) is 2. The molecule has 0 spiro atoms. The summed E-state index contributed by atoms with van der Waals surface area (Å²) in [4.78, 5) is 19.4. The van der Waals surface area contributed by atoms with E-state index in [4.69, 9.17) is 9.47 Å². The van der Waals surface area contributed by atoms with E-state index in [9.17, 15) is 4.79 Å². The highest BCUT2D eigenvalue weighted by Gasteiger charge is 2.33. The van der Waals surface area contributed by atoms with Gasteiger partial charge in [-0.25, -0.2) is 0 Å². The van der Waals surface area contributed by atoms with Crippen LogP contribution in [0.1, 0.15) is 27.0 Å². The number of hydrogen-bond donors (Lipinski definition) is 0. The van der Waals surface area contributed by atoms with E-state index in [-0.39, 0.29) is 5.78 Å². The summed E-state index contributed by atoms with van der Waals surface area (Å²) < 4.78 is 12.1. The molecule has 166 valence electrons. The summed E-state index contributed by atoms with van der Waals surface area (Å²) in [6.45, 7) is 1.83. The second-order valence-electron chi connectivity index (χ2n) is 8.47. The van der Waals surface area contributed by atoms with Crippen LogP contribution in [0, 0.1) is 0 Å². The van der Waals surface area contributed by atoms with E-state index in [0.717, 1.165) is 33.6 Å². The van der Waals surface area contributed by atoms with Gasteiger partial charge in [0.2, 0.25) is 5.78 Å². The molecule has 6 rings (SSSR count). The molecule has 5 heteroatoms. The Morgan fingerprint density at radius 2 is 1.74 bits per heavy atom. The third-order valence-corrected chi connectivity index (χ3v) is 6.13. The van der Waals surface area contributed by atoms with Gasteiger partial charge in [-0.1, -0.05) is 60.7 Å². The Morgan fingerprint density at radius 1 is 0.912 bits per heavy atom. The van der Waals surface area contributed by atoms with Crippen LogP contribution in [0.25, 0.3) is 17.2 Å². The Hall–Kier alpha value is -4.22. The van der Waals surface area contributed by atoms with Crippen LogP contribution in [0.3, 0.4) is 0 Å². The van der Waals surface area contributed by atoms with Gasteiger partial charge >= 0.3 is 0 Å². The van der Waals surface area contributed by atoms with Crippen LogP contribution in [-0.4, -0.2) is 22.4 Å².